The van der Waals surface area contributed by atoms with Crippen LogP contribution in [0.2, 0.25) is 0 Å². The largest absolute Gasteiger partial charge is 0.310 e. The minimum Gasteiger partial charge on any atom is -0.310 e. The fourth-order valence-electron chi connectivity index (χ4n) is 7.32. The second-order valence-electron chi connectivity index (χ2n) is 12.6. The van der Waals surface area contributed by atoms with Crippen LogP contribution in [0.4, 0.5) is 39.8 Å². The molecule has 0 spiro atoms. The highest BCUT2D eigenvalue weighted by Crippen LogP contribution is 2.55. The maximum atomic E-state index is 13.9. The third-order valence-corrected chi connectivity index (χ3v) is 10.7. The van der Waals surface area contributed by atoms with Crippen LogP contribution in [-0.2, 0) is 5.41 Å². The summed E-state index contributed by atoms with van der Waals surface area (Å²) < 4.78 is 0. The Morgan fingerprint density at radius 2 is 0.809 bits per heavy atom. The number of fused-ring (bicyclic) bond motifs is 5. The van der Waals surface area contributed by atoms with Crippen molar-refractivity contribution in [3.8, 4) is 0 Å². The van der Waals surface area contributed by atoms with Crippen molar-refractivity contribution in [2.24, 2.45) is 0 Å². The smallest absolute Gasteiger partial charge is 0.266 e. The summed E-state index contributed by atoms with van der Waals surface area (Å²) in [5.41, 5.74) is 9.48. The maximum Gasteiger partial charge on any atom is 0.266 e. The molecule has 9 rings (SSSR count). The SMILES string of the molecule is CC1(C)c2ccccc2N(c2cc(N3C(=O)c4ccccc4C3=O)cc(N3c4ccccc4Sc4ccccc43)c2)c2ccccc21. The first-order valence-electron chi connectivity index (χ1n) is 15.7. The third kappa shape index (κ3) is 4.04. The second kappa shape index (κ2) is 10.2. The van der Waals surface area contributed by atoms with Gasteiger partial charge in [-0.3, -0.25) is 9.59 Å². The molecule has 0 aliphatic carbocycles. The van der Waals surface area contributed by atoms with E-state index in [1.807, 2.05) is 12.1 Å². The number of anilines is 7. The molecule has 2 amide bonds. The molecule has 3 aliphatic rings. The molecule has 0 aromatic heterocycles. The van der Waals surface area contributed by atoms with Gasteiger partial charge in [0.15, 0.2) is 0 Å². The zero-order valence-electron chi connectivity index (χ0n) is 25.8. The first-order chi connectivity index (χ1) is 22.9. The van der Waals surface area contributed by atoms with E-state index in [0.29, 0.717) is 16.8 Å². The van der Waals surface area contributed by atoms with Crippen LogP contribution in [0, 0.1) is 0 Å². The summed E-state index contributed by atoms with van der Waals surface area (Å²) in [6, 6.07) is 47.0. The lowest BCUT2D eigenvalue weighted by atomic mass is 9.73. The molecule has 0 atom stereocenters. The number of carbonyl (C=O) groups excluding carboxylic acids is 2. The average Bonchev–Trinajstić information content (AvgIpc) is 3.36. The number of benzene rings is 6. The molecule has 226 valence electrons. The minimum absolute atomic E-state index is 0.228. The van der Waals surface area contributed by atoms with E-state index in [1.165, 1.54) is 16.0 Å². The van der Waals surface area contributed by atoms with E-state index in [2.05, 4.69) is 127 Å². The number of amides is 2. The van der Waals surface area contributed by atoms with Crippen molar-refractivity contribution in [1.82, 2.24) is 0 Å². The monoisotopic (exact) mass is 627 g/mol. The molecule has 0 saturated heterocycles. The number of imide groups is 1. The van der Waals surface area contributed by atoms with Gasteiger partial charge in [0.05, 0.1) is 50.9 Å². The van der Waals surface area contributed by atoms with E-state index >= 15 is 0 Å². The van der Waals surface area contributed by atoms with Crippen molar-refractivity contribution in [1.29, 1.82) is 0 Å². The standard InChI is InChI=1S/C41H29N3O2S/c1-41(2)31-15-5-7-17-33(31)42(34-18-8-6-16-32(34)41)26-23-27(25-28(24-26)44-39(45)29-13-3-4-14-30(29)40(44)46)43-35-19-9-11-21-37(35)47-38-22-12-10-20-36(38)43/h3-25H,1-2H3. The van der Waals surface area contributed by atoms with Crippen molar-refractivity contribution in [2.45, 2.75) is 29.1 Å². The van der Waals surface area contributed by atoms with Crippen LogP contribution >= 0.6 is 11.8 Å². The highest BCUT2D eigenvalue weighted by molar-refractivity contribution is 7.99. The van der Waals surface area contributed by atoms with Gasteiger partial charge in [0.2, 0.25) is 0 Å². The summed E-state index contributed by atoms with van der Waals surface area (Å²) >= 11 is 1.75. The predicted molar refractivity (Wildman–Crippen MR) is 190 cm³/mol. The Morgan fingerprint density at radius 3 is 1.30 bits per heavy atom. The lowest BCUT2D eigenvalue weighted by molar-refractivity contribution is 0.0926. The van der Waals surface area contributed by atoms with Gasteiger partial charge in [-0.15, -0.1) is 0 Å². The van der Waals surface area contributed by atoms with Gasteiger partial charge in [-0.2, -0.15) is 0 Å². The Hall–Kier alpha value is -5.59. The Labute approximate surface area is 277 Å². The van der Waals surface area contributed by atoms with Crippen LogP contribution in [0.3, 0.4) is 0 Å². The summed E-state index contributed by atoms with van der Waals surface area (Å²) in [4.78, 5) is 36.0. The molecule has 0 N–H and O–H groups in total. The summed E-state index contributed by atoms with van der Waals surface area (Å²) in [5.74, 6) is -0.631. The molecule has 0 unspecified atom stereocenters. The van der Waals surface area contributed by atoms with Crippen LogP contribution in [-0.4, -0.2) is 11.8 Å². The molecule has 6 aromatic carbocycles. The van der Waals surface area contributed by atoms with E-state index in [-0.39, 0.29) is 17.2 Å². The van der Waals surface area contributed by atoms with Crippen LogP contribution in [0.1, 0.15) is 45.7 Å². The first-order valence-corrected chi connectivity index (χ1v) is 16.5. The van der Waals surface area contributed by atoms with Gasteiger partial charge in [0, 0.05) is 15.2 Å². The zero-order valence-corrected chi connectivity index (χ0v) is 26.7. The molecule has 0 fully saturated rings. The molecule has 6 heteroatoms. The zero-order chi connectivity index (χ0) is 31.9. The van der Waals surface area contributed by atoms with Gasteiger partial charge in [-0.05, 0) is 77.9 Å². The van der Waals surface area contributed by atoms with Gasteiger partial charge in [0.1, 0.15) is 0 Å². The number of rotatable bonds is 3. The fourth-order valence-corrected chi connectivity index (χ4v) is 8.38. The highest BCUT2D eigenvalue weighted by atomic mass is 32.2. The van der Waals surface area contributed by atoms with E-state index < -0.39 is 0 Å². The Bertz CT molecular complexity index is 2160. The predicted octanol–water partition coefficient (Wildman–Crippen LogP) is 10.5. The molecule has 0 saturated carbocycles. The van der Waals surface area contributed by atoms with Crippen molar-refractivity contribution in [2.75, 3.05) is 14.7 Å². The van der Waals surface area contributed by atoms with Crippen LogP contribution < -0.4 is 14.7 Å². The Balaban J connectivity index is 1.33. The summed E-state index contributed by atoms with van der Waals surface area (Å²) in [6.07, 6.45) is 0. The second-order valence-corrected chi connectivity index (χ2v) is 13.7. The summed E-state index contributed by atoms with van der Waals surface area (Å²) in [5, 5.41) is 0. The molecule has 3 heterocycles. The average molecular weight is 628 g/mol. The maximum absolute atomic E-state index is 13.9. The number of para-hydroxylation sites is 4. The van der Waals surface area contributed by atoms with E-state index in [4.69, 9.17) is 0 Å². The lowest BCUT2D eigenvalue weighted by Crippen LogP contribution is -2.32. The van der Waals surface area contributed by atoms with Crippen molar-refractivity contribution >= 4 is 63.4 Å². The summed E-state index contributed by atoms with van der Waals surface area (Å²) in [7, 11) is 0. The third-order valence-electron chi connectivity index (χ3n) is 9.52. The van der Waals surface area contributed by atoms with Gasteiger partial charge >= 0.3 is 0 Å². The first kappa shape index (κ1) is 27.7. The molecule has 5 nitrogen and oxygen atoms in total. The Kier molecular flexibility index (Phi) is 6.02. The number of carbonyl (C=O) groups is 2. The number of hydrogen-bond acceptors (Lipinski definition) is 5. The minimum atomic E-state index is -0.315. The molecular formula is C41H29N3O2S. The van der Waals surface area contributed by atoms with Crippen LogP contribution in [0.5, 0.6) is 0 Å². The normalized spacial score (nSPS) is 15.5. The van der Waals surface area contributed by atoms with Crippen LogP contribution in [0.15, 0.2) is 149 Å². The molecule has 0 bridgehead atoms. The van der Waals surface area contributed by atoms with Crippen LogP contribution in [0.25, 0.3) is 0 Å². The number of nitrogens with zero attached hydrogens (tertiary/aromatic N) is 3. The van der Waals surface area contributed by atoms with Crippen molar-refractivity contribution in [3.05, 3.63) is 162 Å². The molecule has 0 radical (unpaired) electrons. The van der Waals surface area contributed by atoms with E-state index in [9.17, 15) is 9.59 Å². The summed E-state index contributed by atoms with van der Waals surface area (Å²) in [6.45, 7) is 4.53. The van der Waals surface area contributed by atoms with Crippen molar-refractivity contribution < 1.29 is 9.59 Å². The molecule has 3 aliphatic heterocycles. The van der Waals surface area contributed by atoms with Gasteiger partial charge in [-0.25, -0.2) is 4.90 Å². The van der Waals surface area contributed by atoms with Gasteiger partial charge in [0.25, 0.3) is 11.8 Å². The van der Waals surface area contributed by atoms with E-state index in [0.717, 1.165) is 43.9 Å². The molecule has 6 aromatic rings. The topological polar surface area (TPSA) is 43.9 Å². The highest BCUT2D eigenvalue weighted by Gasteiger charge is 2.40. The van der Waals surface area contributed by atoms with Gasteiger partial charge in [-0.1, -0.05) is 98.4 Å². The Morgan fingerprint density at radius 1 is 0.447 bits per heavy atom. The number of hydrogen-bond donors (Lipinski definition) is 0. The quantitative estimate of drug-likeness (QED) is 0.182. The fraction of sp³-hybridized carbons (Fsp3) is 0.0732. The van der Waals surface area contributed by atoms with E-state index in [1.54, 1.807) is 36.0 Å². The van der Waals surface area contributed by atoms with Crippen molar-refractivity contribution in [3.63, 3.8) is 0 Å². The molecular weight excluding hydrogens is 599 g/mol. The lowest BCUT2D eigenvalue weighted by Gasteiger charge is -2.42. The molecule has 47 heavy (non-hydrogen) atoms. The van der Waals surface area contributed by atoms with Gasteiger partial charge < -0.3 is 9.80 Å².